The second-order valence-electron chi connectivity index (χ2n) is 7.83. The Kier molecular flexibility index (Phi) is 5.80. The Morgan fingerprint density at radius 2 is 1.74 bits per heavy atom. The Bertz CT molecular complexity index is 1170. The smallest absolute Gasteiger partial charge is 0.263 e. The van der Waals surface area contributed by atoms with Crippen molar-refractivity contribution in [3.8, 4) is 11.5 Å². The number of carbonyl (C=O) groups excluding carboxylic acids is 1. The van der Waals surface area contributed by atoms with Crippen LogP contribution in [-0.4, -0.2) is 23.7 Å². The molecule has 0 radical (unpaired) electrons. The molecule has 31 heavy (non-hydrogen) atoms. The molecule has 1 amide bonds. The first-order valence-electron chi connectivity index (χ1n) is 10.4. The maximum atomic E-state index is 13.2. The van der Waals surface area contributed by atoms with Crippen LogP contribution in [0.3, 0.4) is 0 Å². The quantitative estimate of drug-likeness (QED) is 0.689. The van der Waals surface area contributed by atoms with Gasteiger partial charge in [-0.05, 0) is 55.2 Å². The van der Waals surface area contributed by atoms with E-state index in [1.165, 1.54) is 4.57 Å². The van der Waals surface area contributed by atoms with Gasteiger partial charge in [-0.1, -0.05) is 36.4 Å². The van der Waals surface area contributed by atoms with Crippen molar-refractivity contribution in [2.75, 3.05) is 13.2 Å². The van der Waals surface area contributed by atoms with Crippen LogP contribution in [0.5, 0.6) is 11.5 Å². The third kappa shape index (κ3) is 4.33. The van der Waals surface area contributed by atoms with Crippen LogP contribution in [0.15, 0.2) is 59.4 Å². The zero-order valence-corrected chi connectivity index (χ0v) is 18.0. The molecular formula is C25H26N2O4. The van der Waals surface area contributed by atoms with E-state index < -0.39 is 0 Å². The second-order valence-corrected chi connectivity index (χ2v) is 7.83. The number of aromatic nitrogens is 1. The number of hydrogen-bond donors (Lipinski definition) is 1. The summed E-state index contributed by atoms with van der Waals surface area (Å²) in [6.45, 7) is 4.65. The van der Waals surface area contributed by atoms with Crippen LogP contribution in [0, 0.1) is 13.8 Å². The fraction of sp³-hybridized carbons (Fsp3) is 0.280. The van der Waals surface area contributed by atoms with Crippen molar-refractivity contribution in [1.82, 2.24) is 9.88 Å². The summed E-state index contributed by atoms with van der Waals surface area (Å²) < 4.78 is 12.9. The monoisotopic (exact) mass is 418 g/mol. The molecule has 0 aliphatic carbocycles. The molecule has 1 aliphatic rings. The Balaban J connectivity index is 1.69. The van der Waals surface area contributed by atoms with Gasteiger partial charge < -0.3 is 19.4 Å². The molecule has 6 heteroatoms. The molecule has 1 aromatic heterocycles. The molecule has 0 bridgehead atoms. The lowest BCUT2D eigenvalue weighted by molar-refractivity contribution is 0.0933. The third-order valence-electron chi connectivity index (χ3n) is 5.65. The normalized spacial score (nSPS) is 13.5. The first kappa shape index (κ1) is 20.7. The van der Waals surface area contributed by atoms with Crippen molar-refractivity contribution < 1.29 is 14.3 Å². The van der Waals surface area contributed by atoms with Gasteiger partial charge >= 0.3 is 0 Å². The van der Waals surface area contributed by atoms with E-state index in [1.54, 1.807) is 14.0 Å². The molecule has 3 aromatic rings. The van der Waals surface area contributed by atoms with E-state index in [0.717, 1.165) is 16.8 Å². The summed E-state index contributed by atoms with van der Waals surface area (Å²) in [5, 5.41) is 3.08. The van der Waals surface area contributed by atoms with Crippen molar-refractivity contribution in [1.29, 1.82) is 0 Å². The van der Waals surface area contributed by atoms with Gasteiger partial charge in [-0.25, -0.2) is 0 Å². The van der Waals surface area contributed by atoms with Gasteiger partial charge in [0, 0.05) is 12.7 Å². The van der Waals surface area contributed by atoms with E-state index in [1.807, 2.05) is 61.5 Å². The zero-order chi connectivity index (χ0) is 22.0. The van der Waals surface area contributed by atoms with Gasteiger partial charge in [-0.3, -0.25) is 9.59 Å². The standard InChI is InChI=1S/C25H26N2O4/c1-16-13-17(2)27(3)25(29)23(16)24(28)26-20(14-18-7-5-4-6-8-18)19-9-10-21-22(15-19)31-12-11-30-21/h4-10,13,15,20H,11-12,14H2,1-3H3,(H,26,28). The summed E-state index contributed by atoms with van der Waals surface area (Å²) in [7, 11) is 1.68. The number of pyridine rings is 1. The molecule has 1 N–H and O–H groups in total. The summed E-state index contributed by atoms with van der Waals surface area (Å²) in [6, 6.07) is 17.2. The summed E-state index contributed by atoms with van der Waals surface area (Å²) in [4.78, 5) is 26.0. The van der Waals surface area contributed by atoms with Crippen LogP contribution >= 0.6 is 0 Å². The van der Waals surface area contributed by atoms with Crippen LogP contribution in [-0.2, 0) is 13.5 Å². The molecule has 2 heterocycles. The molecule has 160 valence electrons. The van der Waals surface area contributed by atoms with Crippen molar-refractivity contribution in [3.05, 3.63) is 92.9 Å². The lowest BCUT2D eigenvalue weighted by atomic mass is 9.97. The molecule has 0 fully saturated rings. The molecule has 4 rings (SSSR count). The average Bonchev–Trinajstić information content (AvgIpc) is 2.77. The van der Waals surface area contributed by atoms with E-state index in [4.69, 9.17) is 9.47 Å². The highest BCUT2D eigenvalue weighted by atomic mass is 16.6. The van der Waals surface area contributed by atoms with Crippen LogP contribution in [0.25, 0.3) is 0 Å². The van der Waals surface area contributed by atoms with Crippen LogP contribution < -0.4 is 20.3 Å². The van der Waals surface area contributed by atoms with Crippen molar-refractivity contribution >= 4 is 5.91 Å². The number of nitrogens with one attached hydrogen (secondary N) is 1. The van der Waals surface area contributed by atoms with Gasteiger partial charge in [0.1, 0.15) is 18.8 Å². The molecule has 6 nitrogen and oxygen atoms in total. The van der Waals surface area contributed by atoms with Crippen molar-refractivity contribution in [2.45, 2.75) is 26.3 Å². The lowest BCUT2D eigenvalue weighted by Gasteiger charge is -2.23. The summed E-state index contributed by atoms with van der Waals surface area (Å²) >= 11 is 0. The molecule has 1 aliphatic heterocycles. The topological polar surface area (TPSA) is 69.6 Å². The molecule has 0 saturated carbocycles. The highest BCUT2D eigenvalue weighted by Gasteiger charge is 2.23. The number of benzene rings is 2. The fourth-order valence-corrected chi connectivity index (χ4v) is 3.86. The van der Waals surface area contributed by atoms with E-state index in [0.29, 0.717) is 36.7 Å². The Morgan fingerprint density at radius 3 is 2.48 bits per heavy atom. The predicted octanol–water partition coefficient (Wildman–Crippen LogP) is 3.49. The van der Waals surface area contributed by atoms with Gasteiger partial charge in [0.05, 0.1) is 6.04 Å². The fourth-order valence-electron chi connectivity index (χ4n) is 3.86. The molecule has 0 saturated heterocycles. The molecule has 1 atom stereocenters. The number of carbonyl (C=O) groups is 1. The van der Waals surface area contributed by atoms with Crippen LogP contribution in [0.1, 0.15) is 38.8 Å². The van der Waals surface area contributed by atoms with Crippen molar-refractivity contribution in [2.24, 2.45) is 7.05 Å². The molecule has 0 spiro atoms. The second kappa shape index (κ2) is 8.68. The Hall–Kier alpha value is -3.54. The predicted molar refractivity (Wildman–Crippen MR) is 119 cm³/mol. The maximum absolute atomic E-state index is 13.2. The summed E-state index contributed by atoms with van der Waals surface area (Å²) in [6.07, 6.45) is 0.581. The highest BCUT2D eigenvalue weighted by molar-refractivity contribution is 5.95. The number of amides is 1. The van der Waals surface area contributed by atoms with E-state index in [2.05, 4.69) is 5.32 Å². The summed E-state index contributed by atoms with van der Waals surface area (Å²) in [5.41, 5.74) is 3.32. The van der Waals surface area contributed by atoms with Crippen molar-refractivity contribution in [3.63, 3.8) is 0 Å². The number of aryl methyl sites for hydroxylation is 2. The molecule has 1 unspecified atom stereocenters. The minimum atomic E-state index is -0.381. The van der Waals surface area contributed by atoms with E-state index >= 15 is 0 Å². The Morgan fingerprint density at radius 1 is 1.03 bits per heavy atom. The van der Waals surface area contributed by atoms with Gasteiger partial charge in [-0.15, -0.1) is 0 Å². The first-order valence-corrected chi connectivity index (χ1v) is 10.4. The number of nitrogens with zero attached hydrogens (tertiary/aromatic N) is 1. The molecular weight excluding hydrogens is 392 g/mol. The largest absolute Gasteiger partial charge is 0.486 e. The SMILES string of the molecule is Cc1cc(C)n(C)c(=O)c1C(=O)NC(Cc1ccccc1)c1ccc2c(c1)OCCO2. The number of fused-ring (bicyclic) bond motifs is 1. The number of ether oxygens (including phenoxy) is 2. The van der Waals surface area contributed by atoms with Gasteiger partial charge in [0.15, 0.2) is 11.5 Å². The minimum absolute atomic E-state index is 0.170. The van der Waals surface area contributed by atoms with E-state index in [-0.39, 0.29) is 23.1 Å². The Labute approximate surface area is 181 Å². The zero-order valence-electron chi connectivity index (χ0n) is 18.0. The minimum Gasteiger partial charge on any atom is -0.486 e. The summed E-state index contributed by atoms with van der Waals surface area (Å²) in [5.74, 6) is 0.982. The highest BCUT2D eigenvalue weighted by Crippen LogP contribution is 2.33. The lowest BCUT2D eigenvalue weighted by Crippen LogP contribution is -2.36. The van der Waals surface area contributed by atoms with Gasteiger partial charge in [-0.2, -0.15) is 0 Å². The third-order valence-corrected chi connectivity index (χ3v) is 5.65. The van der Waals surface area contributed by atoms with Crippen LogP contribution in [0.4, 0.5) is 0 Å². The van der Waals surface area contributed by atoms with Crippen LogP contribution in [0.2, 0.25) is 0 Å². The molecule has 2 aromatic carbocycles. The van der Waals surface area contributed by atoms with E-state index in [9.17, 15) is 9.59 Å². The van der Waals surface area contributed by atoms with Gasteiger partial charge in [0.25, 0.3) is 11.5 Å². The van der Waals surface area contributed by atoms with Gasteiger partial charge in [0.2, 0.25) is 0 Å². The number of hydrogen-bond acceptors (Lipinski definition) is 4. The maximum Gasteiger partial charge on any atom is 0.263 e. The average molecular weight is 418 g/mol. The first-order chi connectivity index (χ1) is 14.9. The number of rotatable bonds is 5.